The largest absolute Gasteiger partial charge is 0.496 e. The Morgan fingerprint density at radius 2 is 2.00 bits per heavy atom. The Hall–Kier alpha value is -1.28. The van der Waals surface area contributed by atoms with Gasteiger partial charge in [0, 0.05) is 11.7 Å². The molecule has 21 heavy (non-hydrogen) atoms. The summed E-state index contributed by atoms with van der Waals surface area (Å²) in [6.07, 6.45) is -3.78. The number of nitrogen functional groups attached to an aromatic ring is 1. The van der Waals surface area contributed by atoms with Crippen LogP contribution in [-0.4, -0.2) is 23.8 Å². The van der Waals surface area contributed by atoms with Crippen LogP contribution < -0.4 is 11.2 Å². The summed E-state index contributed by atoms with van der Waals surface area (Å²) in [7, 11) is -1.10. The van der Waals surface area contributed by atoms with Crippen molar-refractivity contribution in [3.63, 3.8) is 0 Å². The average Bonchev–Trinajstić information content (AvgIpc) is 2.64. The molecule has 1 saturated heterocycles. The van der Waals surface area contributed by atoms with Crippen LogP contribution in [0.5, 0.6) is 0 Å². The third-order valence-electron chi connectivity index (χ3n) is 3.49. The van der Waals surface area contributed by atoms with Gasteiger partial charge in [-0.2, -0.15) is 13.2 Å². The standard InChI is InChI=1S/C13H18BF3N2O2/c1-7(2)11-12(3,4)21-14(20-11)9-6-19-10(18)5-8(9)13(15,16)17/h5-7,11H,1-4H3,(H2,18,19). The van der Waals surface area contributed by atoms with Gasteiger partial charge in [0.15, 0.2) is 0 Å². The molecule has 1 unspecified atom stereocenters. The molecule has 0 aromatic carbocycles. The van der Waals surface area contributed by atoms with E-state index in [1.54, 1.807) is 13.8 Å². The van der Waals surface area contributed by atoms with Crippen LogP contribution in [0.4, 0.5) is 19.0 Å². The van der Waals surface area contributed by atoms with Crippen molar-refractivity contribution in [2.24, 2.45) is 5.92 Å². The third-order valence-corrected chi connectivity index (χ3v) is 3.49. The van der Waals surface area contributed by atoms with Gasteiger partial charge in [0.05, 0.1) is 17.3 Å². The highest BCUT2D eigenvalue weighted by molar-refractivity contribution is 6.62. The summed E-state index contributed by atoms with van der Waals surface area (Å²) in [4.78, 5) is 3.73. The summed E-state index contributed by atoms with van der Waals surface area (Å²) in [6, 6.07) is 0.803. The van der Waals surface area contributed by atoms with Gasteiger partial charge in [0.1, 0.15) is 5.82 Å². The lowest BCUT2D eigenvalue weighted by atomic mass is 9.77. The lowest BCUT2D eigenvalue weighted by Crippen LogP contribution is -2.39. The third kappa shape index (κ3) is 3.16. The van der Waals surface area contributed by atoms with Crippen molar-refractivity contribution in [1.82, 2.24) is 4.98 Å². The molecule has 0 amide bonds. The molecule has 8 heteroatoms. The first-order chi connectivity index (χ1) is 9.52. The van der Waals surface area contributed by atoms with E-state index in [2.05, 4.69) is 4.98 Å². The van der Waals surface area contributed by atoms with E-state index in [4.69, 9.17) is 15.0 Å². The number of aromatic nitrogens is 1. The molecule has 1 aromatic heterocycles. The highest BCUT2D eigenvalue weighted by Gasteiger charge is 2.50. The fourth-order valence-electron chi connectivity index (χ4n) is 2.68. The number of halogens is 3. The van der Waals surface area contributed by atoms with Gasteiger partial charge in [-0.1, -0.05) is 13.8 Å². The predicted molar refractivity (Wildman–Crippen MR) is 73.9 cm³/mol. The van der Waals surface area contributed by atoms with Gasteiger partial charge < -0.3 is 15.0 Å². The topological polar surface area (TPSA) is 57.4 Å². The fourth-order valence-corrected chi connectivity index (χ4v) is 2.68. The van der Waals surface area contributed by atoms with Crippen molar-refractivity contribution < 1.29 is 22.5 Å². The average molecular weight is 302 g/mol. The summed E-state index contributed by atoms with van der Waals surface area (Å²) in [6.45, 7) is 7.47. The Labute approximate surface area is 122 Å². The number of hydrogen-bond acceptors (Lipinski definition) is 4. The lowest BCUT2D eigenvalue weighted by Gasteiger charge is -2.28. The maximum atomic E-state index is 13.1. The Kier molecular flexibility index (Phi) is 3.97. The second kappa shape index (κ2) is 5.17. The molecule has 0 aliphatic carbocycles. The van der Waals surface area contributed by atoms with E-state index in [0.29, 0.717) is 0 Å². The number of hydrogen-bond donors (Lipinski definition) is 1. The van der Waals surface area contributed by atoms with Crippen LogP contribution in [0, 0.1) is 5.92 Å². The summed E-state index contributed by atoms with van der Waals surface area (Å²) < 4.78 is 50.8. The number of pyridine rings is 1. The van der Waals surface area contributed by atoms with Gasteiger partial charge in [0.25, 0.3) is 0 Å². The lowest BCUT2D eigenvalue weighted by molar-refractivity contribution is -0.136. The van der Waals surface area contributed by atoms with E-state index < -0.39 is 24.5 Å². The molecule has 1 aromatic rings. The smallest absolute Gasteiger partial charge is 0.401 e. The summed E-state index contributed by atoms with van der Waals surface area (Å²) in [5, 5.41) is 0. The molecule has 1 fully saturated rings. The van der Waals surface area contributed by atoms with Crippen molar-refractivity contribution in [3.8, 4) is 0 Å². The minimum Gasteiger partial charge on any atom is -0.401 e. The Morgan fingerprint density at radius 3 is 2.48 bits per heavy atom. The zero-order valence-electron chi connectivity index (χ0n) is 12.4. The van der Waals surface area contributed by atoms with Gasteiger partial charge >= 0.3 is 13.3 Å². The molecular weight excluding hydrogens is 284 g/mol. The van der Waals surface area contributed by atoms with Gasteiger partial charge in [-0.05, 0) is 25.8 Å². The van der Waals surface area contributed by atoms with E-state index in [0.717, 1.165) is 12.3 Å². The minimum absolute atomic E-state index is 0.112. The van der Waals surface area contributed by atoms with Crippen LogP contribution in [0.15, 0.2) is 12.3 Å². The molecule has 1 aliphatic rings. The Balaban J connectivity index is 2.40. The van der Waals surface area contributed by atoms with Crippen LogP contribution in [0.2, 0.25) is 0 Å². The first-order valence-electron chi connectivity index (χ1n) is 6.68. The van der Waals surface area contributed by atoms with E-state index in [1.807, 2.05) is 13.8 Å². The van der Waals surface area contributed by atoms with Crippen molar-refractivity contribution in [3.05, 3.63) is 17.8 Å². The van der Waals surface area contributed by atoms with Gasteiger partial charge in [-0.15, -0.1) is 0 Å². The Bertz CT molecular complexity index is 535. The summed E-state index contributed by atoms with van der Waals surface area (Å²) >= 11 is 0. The summed E-state index contributed by atoms with van der Waals surface area (Å²) in [5.41, 5.74) is 3.66. The highest BCUT2D eigenvalue weighted by atomic mass is 19.4. The second-order valence-electron chi connectivity index (χ2n) is 6.05. The number of alkyl halides is 3. The van der Waals surface area contributed by atoms with Crippen molar-refractivity contribution in [1.29, 1.82) is 0 Å². The van der Waals surface area contributed by atoms with E-state index in [-0.39, 0.29) is 23.3 Å². The van der Waals surface area contributed by atoms with Crippen molar-refractivity contribution >= 4 is 18.4 Å². The molecule has 0 bridgehead atoms. The second-order valence-corrected chi connectivity index (χ2v) is 6.05. The van der Waals surface area contributed by atoms with Gasteiger partial charge in [-0.3, -0.25) is 0 Å². The number of nitrogens with two attached hydrogens (primary N) is 1. The fraction of sp³-hybridized carbons (Fsp3) is 0.615. The van der Waals surface area contributed by atoms with Gasteiger partial charge in [-0.25, -0.2) is 4.98 Å². The van der Waals surface area contributed by atoms with Crippen LogP contribution in [0.3, 0.4) is 0 Å². The number of nitrogens with zero attached hydrogens (tertiary/aromatic N) is 1. The van der Waals surface area contributed by atoms with Crippen LogP contribution in [0.25, 0.3) is 0 Å². The molecule has 4 nitrogen and oxygen atoms in total. The van der Waals surface area contributed by atoms with Crippen LogP contribution in [-0.2, 0) is 15.5 Å². The predicted octanol–water partition coefficient (Wildman–Crippen LogP) is 2.23. The normalized spacial score (nSPS) is 22.1. The van der Waals surface area contributed by atoms with Crippen molar-refractivity contribution in [2.75, 3.05) is 5.73 Å². The monoisotopic (exact) mass is 302 g/mol. The van der Waals surface area contributed by atoms with E-state index in [1.165, 1.54) is 0 Å². The quantitative estimate of drug-likeness (QED) is 0.851. The Morgan fingerprint density at radius 1 is 1.38 bits per heavy atom. The molecule has 0 saturated carbocycles. The highest BCUT2D eigenvalue weighted by Crippen LogP contribution is 2.34. The van der Waals surface area contributed by atoms with Crippen LogP contribution in [0.1, 0.15) is 33.3 Å². The first kappa shape index (κ1) is 16.1. The maximum Gasteiger partial charge on any atom is 0.496 e. The first-order valence-corrected chi connectivity index (χ1v) is 6.68. The van der Waals surface area contributed by atoms with Gasteiger partial charge in [0.2, 0.25) is 0 Å². The molecule has 1 aliphatic heterocycles. The minimum atomic E-state index is -4.54. The molecule has 2 N–H and O–H groups in total. The zero-order valence-corrected chi connectivity index (χ0v) is 12.4. The molecule has 1 atom stereocenters. The van der Waals surface area contributed by atoms with E-state index in [9.17, 15) is 13.2 Å². The van der Waals surface area contributed by atoms with Crippen LogP contribution >= 0.6 is 0 Å². The van der Waals surface area contributed by atoms with E-state index >= 15 is 0 Å². The molecule has 2 rings (SSSR count). The SMILES string of the molecule is CC(C)C1OB(c2cnc(N)cc2C(F)(F)F)OC1(C)C. The molecule has 116 valence electrons. The maximum absolute atomic E-state index is 13.1. The molecule has 2 heterocycles. The van der Waals surface area contributed by atoms with Crippen molar-refractivity contribution in [2.45, 2.75) is 45.6 Å². The number of rotatable bonds is 2. The summed E-state index contributed by atoms with van der Waals surface area (Å²) in [5.74, 6) is -0.0789. The molecule has 0 spiro atoms. The zero-order chi connectivity index (χ0) is 16.0. The molecule has 0 radical (unpaired) electrons. The molecular formula is C13H18BF3N2O2. The number of anilines is 1.